The lowest BCUT2D eigenvalue weighted by molar-refractivity contribution is 0.323. The first-order valence-corrected chi connectivity index (χ1v) is 6.82. The maximum atomic E-state index is 5.39. The molecule has 0 aliphatic heterocycles. The molecule has 4 heteroatoms. The van der Waals surface area contributed by atoms with Crippen LogP contribution in [0, 0.1) is 0 Å². The molecular formula is C15H17BrO3. The predicted octanol–water partition coefficient (Wildman–Crippen LogP) is 4.03. The zero-order chi connectivity index (χ0) is 13.8. The Kier molecular flexibility index (Phi) is 4.53. The van der Waals surface area contributed by atoms with Crippen LogP contribution in [-0.2, 0) is 0 Å². The van der Waals surface area contributed by atoms with E-state index >= 15 is 0 Å². The van der Waals surface area contributed by atoms with Gasteiger partial charge in [0.1, 0.15) is 0 Å². The molecular weight excluding hydrogens is 308 g/mol. The van der Waals surface area contributed by atoms with Crippen LogP contribution in [0.3, 0.4) is 0 Å². The minimum Gasteiger partial charge on any atom is -0.493 e. The molecule has 0 heterocycles. The van der Waals surface area contributed by atoms with Gasteiger partial charge in [0.2, 0.25) is 5.75 Å². The summed E-state index contributed by atoms with van der Waals surface area (Å²) in [6.07, 6.45) is 7.23. The highest BCUT2D eigenvalue weighted by Gasteiger charge is 2.20. The summed E-state index contributed by atoms with van der Waals surface area (Å²) in [7, 11) is 4.87. The highest BCUT2D eigenvalue weighted by Crippen LogP contribution is 2.43. The van der Waals surface area contributed by atoms with Gasteiger partial charge in [-0.3, -0.25) is 0 Å². The average Bonchev–Trinajstić information content (AvgIpc) is 2.46. The van der Waals surface area contributed by atoms with Crippen molar-refractivity contribution in [2.45, 2.75) is 12.3 Å². The van der Waals surface area contributed by atoms with Crippen LogP contribution in [0.4, 0.5) is 0 Å². The number of methoxy groups -OCH3 is 3. The Morgan fingerprint density at radius 1 is 1.05 bits per heavy atom. The summed E-state index contributed by atoms with van der Waals surface area (Å²) < 4.78 is 17.3. The molecule has 1 atom stereocenters. The van der Waals surface area contributed by atoms with Crippen molar-refractivity contribution in [2.24, 2.45) is 0 Å². The molecule has 19 heavy (non-hydrogen) atoms. The summed E-state index contributed by atoms with van der Waals surface area (Å²) >= 11 is 3.62. The van der Waals surface area contributed by atoms with E-state index in [1.165, 1.54) is 0 Å². The predicted molar refractivity (Wildman–Crippen MR) is 79.6 cm³/mol. The van der Waals surface area contributed by atoms with Gasteiger partial charge in [0, 0.05) is 10.4 Å². The normalized spacial score (nSPS) is 17.9. The van der Waals surface area contributed by atoms with Crippen LogP contribution in [0.25, 0.3) is 0 Å². The van der Waals surface area contributed by atoms with E-state index in [4.69, 9.17) is 14.2 Å². The van der Waals surface area contributed by atoms with E-state index < -0.39 is 0 Å². The lowest BCUT2D eigenvalue weighted by Gasteiger charge is -2.21. The summed E-state index contributed by atoms with van der Waals surface area (Å²) in [6, 6.07) is 4.00. The molecule has 0 N–H and O–H groups in total. The number of allylic oxidation sites excluding steroid dienone is 4. The van der Waals surface area contributed by atoms with Crippen molar-refractivity contribution in [1.82, 2.24) is 0 Å². The van der Waals surface area contributed by atoms with Gasteiger partial charge in [0.25, 0.3) is 0 Å². The van der Waals surface area contributed by atoms with E-state index in [9.17, 15) is 0 Å². The van der Waals surface area contributed by atoms with Crippen molar-refractivity contribution in [3.8, 4) is 17.2 Å². The van der Waals surface area contributed by atoms with E-state index in [1.807, 2.05) is 12.1 Å². The fourth-order valence-electron chi connectivity index (χ4n) is 2.20. The van der Waals surface area contributed by atoms with Gasteiger partial charge < -0.3 is 14.2 Å². The lowest BCUT2D eigenvalue weighted by Crippen LogP contribution is -2.03. The van der Waals surface area contributed by atoms with Crippen molar-refractivity contribution >= 4 is 15.9 Å². The van der Waals surface area contributed by atoms with Crippen LogP contribution in [-0.4, -0.2) is 21.3 Å². The van der Waals surface area contributed by atoms with Crippen LogP contribution in [0.15, 0.2) is 34.8 Å². The number of benzene rings is 1. The fourth-order valence-corrected chi connectivity index (χ4v) is 2.81. The molecule has 1 aromatic carbocycles. The van der Waals surface area contributed by atoms with Crippen LogP contribution in [0.2, 0.25) is 0 Å². The van der Waals surface area contributed by atoms with Crippen molar-refractivity contribution < 1.29 is 14.2 Å². The summed E-state index contributed by atoms with van der Waals surface area (Å²) in [5.41, 5.74) is 1.14. The van der Waals surface area contributed by atoms with Crippen LogP contribution in [0.1, 0.15) is 17.9 Å². The third-order valence-electron chi connectivity index (χ3n) is 3.19. The molecule has 0 aromatic heterocycles. The number of halogens is 1. The molecule has 1 aliphatic rings. The molecule has 1 aromatic rings. The number of ether oxygens (including phenoxy) is 3. The zero-order valence-electron chi connectivity index (χ0n) is 11.3. The highest BCUT2D eigenvalue weighted by atomic mass is 79.9. The van der Waals surface area contributed by atoms with Crippen LogP contribution < -0.4 is 14.2 Å². The minimum absolute atomic E-state index is 0.290. The molecule has 3 nitrogen and oxygen atoms in total. The van der Waals surface area contributed by atoms with Gasteiger partial charge in [0.05, 0.1) is 21.3 Å². The fraction of sp³-hybridized carbons (Fsp3) is 0.333. The summed E-state index contributed by atoms with van der Waals surface area (Å²) in [5.74, 6) is 2.29. The largest absolute Gasteiger partial charge is 0.493 e. The molecule has 0 amide bonds. The topological polar surface area (TPSA) is 27.7 Å². The molecule has 1 aliphatic carbocycles. The molecule has 0 saturated carbocycles. The Morgan fingerprint density at radius 3 is 2.16 bits per heavy atom. The second kappa shape index (κ2) is 6.15. The van der Waals surface area contributed by atoms with Crippen molar-refractivity contribution in [1.29, 1.82) is 0 Å². The van der Waals surface area contributed by atoms with Gasteiger partial charge in [0.15, 0.2) is 11.5 Å². The van der Waals surface area contributed by atoms with Gasteiger partial charge in [-0.1, -0.05) is 34.2 Å². The quantitative estimate of drug-likeness (QED) is 0.836. The number of hydrogen-bond donors (Lipinski definition) is 0. The maximum absolute atomic E-state index is 5.39. The highest BCUT2D eigenvalue weighted by molar-refractivity contribution is 9.11. The standard InChI is InChI=1S/C15H17BrO3/c1-17-13-8-10(9-14(18-2)15(13)19-3)11-6-4-5-7-12(11)16/h4-5,7-9,11H,6H2,1-3H3. The van der Waals surface area contributed by atoms with E-state index in [0.717, 1.165) is 16.5 Å². The first kappa shape index (κ1) is 14.0. The molecule has 0 fully saturated rings. The van der Waals surface area contributed by atoms with Crippen LogP contribution in [0.5, 0.6) is 17.2 Å². The Hall–Kier alpha value is -1.42. The van der Waals surface area contributed by atoms with E-state index in [-0.39, 0.29) is 0 Å². The zero-order valence-corrected chi connectivity index (χ0v) is 12.9. The van der Waals surface area contributed by atoms with E-state index in [2.05, 4.69) is 34.2 Å². The molecule has 0 spiro atoms. The van der Waals surface area contributed by atoms with Gasteiger partial charge in [-0.2, -0.15) is 0 Å². The average molecular weight is 325 g/mol. The Morgan fingerprint density at radius 2 is 1.68 bits per heavy atom. The van der Waals surface area contributed by atoms with Gasteiger partial charge in [-0.15, -0.1) is 0 Å². The first-order chi connectivity index (χ1) is 9.21. The number of rotatable bonds is 4. The molecule has 1 unspecified atom stereocenters. The second-order valence-electron chi connectivity index (χ2n) is 4.23. The first-order valence-electron chi connectivity index (χ1n) is 6.03. The van der Waals surface area contributed by atoms with Gasteiger partial charge >= 0.3 is 0 Å². The summed E-state index contributed by atoms with van der Waals surface area (Å²) in [4.78, 5) is 0. The van der Waals surface area contributed by atoms with Crippen molar-refractivity contribution in [3.05, 3.63) is 40.4 Å². The molecule has 0 saturated heterocycles. The smallest absolute Gasteiger partial charge is 0.203 e. The SMILES string of the molecule is COc1cc(C2CC=CC=C2Br)cc(OC)c1OC. The van der Waals surface area contributed by atoms with E-state index in [0.29, 0.717) is 23.2 Å². The monoisotopic (exact) mass is 324 g/mol. The Balaban J connectivity index is 2.47. The third kappa shape index (κ3) is 2.78. The van der Waals surface area contributed by atoms with Crippen molar-refractivity contribution in [3.63, 3.8) is 0 Å². The molecule has 0 bridgehead atoms. The second-order valence-corrected chi connectivity index (χ2v) is 5.14. The lowest BCUT2D eigenvalue weighted by atomic mass is 9.92. The third-order valence-corrected chi connectivity index (χ3v) is 4.00. The maximum Gasteiger partial charge on any atom is 0.203 e. The minimum atomic E-state index is 0.290. The number of hydrogen-bond acceptors (Lipinski definition) is 3. The molecule has 102 valence electrons. The summed E-state index contributed by atoms with van der Waals surface area (Å²) in [6.45, 7) is 0. The van der Waals surface area contributed by atoms with Crippen molar-refractivity contribution in [2.75, 3.05) is 21.3 Å². The Labute approximate surface area is 122 Å². The summed E-state index contributed by atoms with van der Waals surface area (Å²) in [5, 5.41) is 0. The van der Waals surface area contributed by atoms with Gasteiger partial charge in [-0.25, -0.2) is 0 Å². The molecule has 2 rings (SSSR count). The van der Waals surface area contributed by atoms with Crippen LogP contribution >= 0.6 is 15.9 Å². The molecule has 0 radical (unpaired) electrons. The van der Waals surface area contributed by atoms with E-state index in [1.54, 1.807) is 21.3 Å². The van der Waals surface area contributed by atoms with Gasteiger partial charge in [-0.05, 0) is 24.1 Å². The Bertz CT molecular complexity index is 495.